The molecule has 1 aromatic carbocycles. The van der Waals surface area contributed by atoms with E-state index in [4.69, 9.17) is 10.4 Å². The second-order valence-electron chi connectivity index (χ2n) is 2.46. The maximum absolute atomic E-state index is 12.1. The second kappa shape index (κ2) is 5.19. The topological polar surface area (TPSA) is 44.0 Å². The van der Waals surface area contributed by atoms with E-state index in [1.54, 1.807) is 0 Å². The van der Waals surface area contributed by atoms with E-state index in [1.807, 2.05) is 0 Å². The third-order valence-corrected chi connectivity index (χ3v) is 1.52. The van der Waals surface area contributed by atoms with Crippen LogP contribution in [-0.2, 0) is 0 Å². The summed E-state index contributed by atoms with van der Waals surface area (Å²) in [6, 6.07) is 3.71. The van der Waals surface area contributed by atoms with E-state index in [1.165, 1.54) is 6.07 Å². The molecule has 0 heterocycles. The molecular weight excluding hydrogens is 221 g/mol. The summed E-state index contributed by atoms with van der Waals surface area (Å²) in [5.74, 6) is -0.439. The summed E-state index contributed by atoms with van der Waals surface area (Å²) >= 11 is 0. The Morgan fingerprint density at radius 3 is 2.29 bits per heavy atom. The molecule has 0 spiro atoms. The zero-order valence-corrected chi connectivity index (χ0v) is 10.5. The van der Waals surface area contributed by atoms with Gasteiger partial charge in [-0.1, -0.05) is 12.1 Å². The summed E-state index contributed by atoms with van der Waals surface area (Å²) in [7, 11) is 0. The van der Waals surface area contributed by atoms with E-state index in [0.29, 0.717) is 6.07 Å². The van der Waals surface area contributed by atoms with Crippen molar-refractivity contribution in [1.82, 2.24) is 0 Å². The average Bonchev–Trinajstić information content (AvgIpc) is 2.03. The van der Waals surface area contributed by atoms with Crippen molar-refractivity contribution >= 4 is 12.4 Å². The van der Waals surface area contributed by atoms with Crippen molar-refractivity contribution in [3.63, 3.8) is 0 Å². The molecule has 68 valence electrons. The minimum Gasteiger partial charge on any atom is -0.507 e. The SMILES string of the molecule is N#Cc1cc([B-](F)(F)F)ccc1O.[K+]. The normalized spacial score (nSPS) is 10.1. The number of hydrogen-bond donors (Lipinski definition) is 1. The van der Waals surface area contributed by atoms with Gasteiger partial charge in [0.05, 0.1) is 5.56 Å². The molecule has 0 aromatic heterocycles. The van der Waals surface area contributed by atoms with Crippen molar-refractivity contribution in [1.29, 1.82) is 5.26 Å². The van der Waals surface area contributed by atoms with Crippen LogP contribution >= 0.6 is 0 Å². The molecule has 0 aliphatic carbocycles. The number of halogens is 3. The van der Waals surface area contributed by atoms with Gasteiger partial charge < -0.3 is 18.1 Å². The predicted molar refractivity (Wildman–Crippen MR) is 41.5 cm³/mol. The van der Waals surface area contributed by atoms with Crippen LogP contribution in [0.2, 0.25) is 0 Å². The molecule has 2 nitrogen and oxygen atoms in total. The predicted octanol–water partition coefficient (Wildman–Crippen LogP) is -1.68. The number of phenolic OH excluding ortho intramolecular Hbond substituents is 1. The molecule has 0 radical (unpaired) electrons. The van der Waals surface area contributed by atoms with Crippen LogP contribution < -0.4 is 56.8 Å². The first kappa shape index (κ1) is 14.0. The largest absolute Gasteiger partial charge is 1.00 e. The molecule has 1 aromatic rings. The van der Waals surface area contributed by atoms with Gasteiger partial charge in [-0.3, -0.25) is 0 Å². The molecule has 0 atom stereocenters. The Balaban J connectivity index is 0.00000169. The minimum absolute atomic E-state index is 0. The van der Waals surface area contributed by atoms with Crippen LogP contribution in [0.5, 0.6) is 5.75 Å². The second-order valence-corrected chi connectivity index (χ2v) is 2.46. The average molecular weight is 225 g/mol. The van der Waals surface area contributed by atoms with Gasteiger partial charge in [-0.05, 0) is 6.07 Å². The molecular formula is C7H4BF3KNO. The molecule has 0 saturated carbocycles. The number of phenols is 1. The first-order chi connectivity index (χ1) is 5.95. The molecule has 0 aliphatic rings. The number of nitrogens with zero attached hydrogens (tertiary/aromatic N) is 1. The van der Waals surface area contributed by atoms with E-state index < -0.39 is 18.2 Å². The Morgan fingerprint density at radius 1 is 1.29 bits per heavy atom. The van der Waals surface area contributed by atoms with Gasteiger partial charge in [0.1, 0.15) is 11.8 Å². The van der Waals surface area contributed by atoms with Crippen LogP contribution in [0.3, 0.4) is 0 Å². The maximum atomic E-state index is 12.1. The first-order valence-electron chi connectivity index (χ1n) is 3.38. The van der Waals surface area contributed by atoms with Gasteiger partial charge in [-0.15, -0.1) is 5.46 Å². The standard InChI is InChI=1S/C7H4BF3NO.K/c9-8(10,11)6-1-2-7(13)5(3-6)4-12;/h1-3,13H;/q-1;+1. The zero-order valence-electron chi connectivity index (χ0n) is 7.34. The Morgan fingerprint density at radius 2 is 1.86 bits per heavy atom. The fourth-order valence-corrected chi connectivity index (χ4v) is 0.847. The molecule has 1 rings (SSSR count). The van der Waals surface area contributed by atoms with E-state index in [-0.39, 0.29) is 56.9 Å². The third kappa shape index (κ3) is 3.29. The molecule has 0 unspecified atom stereocenters. The number of aromatic hydroxyl groups is 1. The fraction of sp³-hybridized carbons (Fsp3) is 0. The molecule has 0 saturated heterocycles. The van der Waals surface area contributed by atoms with Gasteiger partial charge >= 0.3 is 58.4 Å². The van der Waals surface area contributed by atoms with Crippen LogP contribution in [-0.4, -0.2) is 12.1 Å². The zero-order chi connectivity index (χ0) is 10.1. The van der Waals surface area contributed by atoms with Crippen LogP contribution in [0, 0.1) is 11.3 Å². The van der Waals surface area contributed by atoms with Gasteiger partial charge in [-0.25, -0.2) is 0 Å². The number of rotatable bonds is 1. The Kier molecular flexibility index (Phi) is 5.19. The van der Waals surface area contributed by atoms with E-state index in [2.05, 4.69) is 0 Å². The first-order valence-corrected chi connectivity index (χ1v) is 3.38. The summed E-state index contributed by atoms with van der Waals surface area (Å²) in [5.41, 5.74) is -1.24. The van der Waals surface area contributed by atoms with Gasteiger partial charge in [0.15, 0.2) is 0 Å². The molecule has 0 bridgehead atoms. The van der Waals surface area contributed by atoms with Gasteiger partial charge in [0, 0.05) is 0 Å². The number of benzene rings is 1. The smallest absolute Gasteiger partial charge is 0.507 e. The molecule has 1 N–H and O–H groups in total. The monoisotopic (exact) mass is 225 g/mol. The fourth-order valence-electron chi connectivity index (χ4n) is 0.847. The van der Waals surface area contributed by atoms with Crippen molar-refractivity contribution in [2.24, 2.45) is 0 Å². The number of hydrogen-bond acceptors (Lipinski definition) is 2. The molecule has 0 fully saturated rings. The van der Waals surface area contributed by atoms with Crippen molar-refractivity contribution in [2.45, 2.75) is 0 Å². The third-order valence-electron chi connectivity index (χ3n) is 1.52. The quantitative estimate of drug-likeness (QED) is 0.580. The van der Waals surface area contributed by atoms with Crippen molar-refractivity contribution in [3.8, 4) is 11.8 Å². The summed E-state index contributed by atoms with van der Waals surface area (Å²) in [6.07, 6.45) is 0. The molecule has 14 heavy (non-hydrogen) atoms. The van der Waals surface area contributed by atoms with E-state index >= 15 is 0 Å². The molecule has 7 heteroatoms. The van der Waals surface area contributed by atoms with Crippen molar-refractivity contribution < 1.29 is 69.4 Å². The van der Waals surface area contributed by atoms with Crippen LogP contribution in [0.4, 0.5) is 12.9 Å². The van der Waals surface area contributed by atoms with Gasteiger partial charge in [0.25, 0.3) is 0 Å². The Hall–Kier alpha value is 0.00130. The Bertz CT molecular complexity index is 374. The summed E-state index contributed by atoms with van der Waals surface area (Å²) in [5, 5.41) is 17.3. The number of nitriles is 1. The minimum atomic E-state index is -5.11. The van der Waals surface area contributed by atoms with Crippen molar-refractivity contribution in [2.75, 3.05) is 0 Å². The van der Waals surface area contributed by atoms with Crippen LogP contribution in [0.25, 0.3) is 0 Å². The van der Waals surface area contributed by atoms with Crippen LogP contribution in [0.15, 0.2) is 18.2 Å². The Labute approximate surface area is 121 Å². The summed E-state index contributed by atoms with van der Waals surface area (Å²) in [4.78, 5) is 0. The maximum Gasteiger partial charge on any atom is 1.00 e. The van der Waals surface area contributed by atoms with Gasteiger partial charge in [0.2, 0.25) is 0 Å². The van der Waals surface area contributed by atoms with Gasteiger partial charge in [-0.2, -0.15) is 5.26 Å². The van der Waals surface area contributed by atoms with E-state index in [9.17, 15) is 12.9 Å². The summed E-state index contributed by atoms with van der Waals surface area (Å²) < 4.78 is 36.3. The summed E-state index contributed by atoms with van der Waals surface area (Å²) in [6.45, 7) is -5.11. The van der Waals surface area contributed by atoms with Crippen molar-refractivity contribution in [3.05, 3.63) is 23.8 Å². The molecule has 0 amide bonds. The van der Waals surface area contributed by atoms with Crippen LogP contribution in [0.1, 0.15) is 5.56 Å². The molecule has 0 aliphatic heterocycles. The van der Waals surface area contributed by atoms with E-state index in [0.717, 1.165) is 12.1 Å².